The smallest absolute Gasteiger partial charge is 0.380 e. The van der Waals surface area contributed by atoms with E-state index in [0.717, 1.165) is 0 Å². The van der Waals surface area contributed by atoms with E-state index in [1.54, 1.807) is 27.1 Å². The number of hydrogen-bond donors (Lipinski definition) is 0. The van der Waals surface area contributed by atoms with Crippen LogP contribution in [0.3, 0.4) is 0 Å². The highest BCUT2D eigenvalue weighted by Crippen LogP contribution is 1.98. The SMILES string of the molecule is CCOC(=O)C(=O)/C(C#N)=C/N(C)C. The van der Waals surface area contributed by atoms with E-state index in [9.17, 15) is 9.59 Å². The molecule has 0 radical (unpaired) electrons. The fraction of sp³-hybridized carbons (Fsp3) is 0.444. The van der Waals surface area contributed by atoms with E-state index in [4.69, 9.17) is 5.26 Å². The van der Waals surface area contributed by atoms with Crippen molar-refractivity contribution in [2.24, 2.45) is 0 Å². The van der Waals surface area contributed by atoms with Gasteiger partial charge in [-0.05, 0) is 6.92 Å². The molecule has 14 heavy (non-hydrogen) atoms. The normalized spacial score (nSPS) is 10.3. The first kappa shape index (κ1) is 12.2. The molecular weight excluding hydrogens is 184 g/mol. The van der Waals surface area contributed by atoms with E-state index in [1.165, 1.54) is 11.1 Å². The van der Waals surface area contributed by atoms with Gasteiger partial charge in [0.05, 0.1) is 6.61 Å². The Hall–Kier alpha value is -1.83. The van der Waals surface area contributed by atoms with Crippen LogP contribution in [0.15, 0.2) is 11.8 Å². The summed E-state index contributed by atoms with van der Waals surface area (Å²) in [5.41, 5.74) is -0.228. The van der Waals surface area contributed by atoms with Gasteiger partial charge in [-0.2, -0.15) is 5.26 Å². The Bertz CT molecular complexity index is 300. The van der Waals surface area contributed by atoms with Gasteiger partial charge in [-0.15, -0.1) is 0 Å². The third-order valence-corrected chi connectivity index (χ3v) is 1.21. The first-order valence-electron chi connectivity index (χ1n) is 4.02. The molecule has 0 fully saturated rings. The minimum Gasteiger partial charge on any atom is -0.460 e. The van der Waals surface area contributed by atoms with Crippen LogP contribution in [-0.2, 0) is 14.3 Å². The van der Waals surface area contributed by atoms with E-state index in [2.05, 4.69) is 4.74 Å². The summed E-state index contributed by atoms with van der Waals surface area (Å²) in [6.07, 6.45) is 1.28. The van der Waals surface area contributed by atoms with Crippen molar-refractivity contribution in [3.05, 3.63) is 11.8 Å². The highest BCUT2D eigenvalue weighted by molar-refractivity contribution is 6.41. The molecule has 0 aromatic carbocycles. The summed E-state index contributed by atoms with van der Waals surface area (Å²) in [6, 6.07) is 1.64. The van der Waals surface area contributed by atoms with Crippen molar-refractivity contribution >= 4 is 11.8 Å². The molecule has 5 heteroatoms. The van der Waals surface area contributed by atoms with Gasteiger partial charge < -0.3 is 9.64 Å². The minimum atomic E-state index is -0.998. The zero-order chi connectivity index (χ0) is 11.1. The van der Waals surface area contributed by atoms with Gasteiger partial charge in [-0.25, -0.2) is 4.79 Å². The molecule has 0 aliphatic rings. The van der Waals surface area contributed by atoms with Crippen molar-refractivity contribution in [3.8, 4) is 6.07 Å². The second kappa shape index (κ2) is 5.75. The molecule has 0 atom stereocenters. The van der Waals surface area contributed by atoms with Gasteiger partial charge in [-0.3, -0.25) is 4.79 Å². The van der Waals surface area contributed by atoms with Gasteiger partial charge in [0.2, 0.25) is 0 Å². The maximum atomic E-state index is 11.2. The standard InChI is InChI=1S/C9H12N2O3/c1-4-14-9(13)8(12)7(5-10)6-11(2)3/h6H,4H2,1-3H3/b7-6+. The highest BCUT2D eigenvalue weighted by Gasteiger charge is 2.20. The molecule has 0 N–H and O–H groups in total. The number of Topliss-reactive ketones (excluding diaryl/α,β-unsaturated/α-hetero) is 1. The summed E-state index contributed by atoms with van der Waals surface area (Å²) < 4.78 is 4.47. The third kappa shape index (κ3) is 3.72. The zero-order valence-corrected chi connectivity index (χ0v) is 8.40. The molecule has 0 spiro atoms. The summed E-state index contributed by atoms with van der Waals surface area (Å²) in [7, 11) is 3.30. The van der Waals surface area contributed by atoms with Gasteiger partial charge in [0.25, 0.3) is 5.78 Å². The first-order chi connectivity index (χ1) is 6.52. The molecule has 0 aliphatic heterocycles. The van der Waals surface area contributed by atoms with E-state index in [-0.39, 0.29) is 12.2 Å². The van der Waals surface area contributed by atoms with Crippen molar-refractivity contribution < 1.29 is 14.3 Å². The quantitative estimate of drug-likeness (QED) is 0.276. The second-order valence-electron chi connectivity index (χ2n) is 2.67. The summed E-state index contributed by atoms with van der Waals surface area (Å²) in [5.74, 6) is -1.91. The number of hydrogen-bond acceptors (Lipinski definition) is 5. The molecule has 0 saturated heterocycles. The number of rotatable bonds is 4. The fourth-order valence-electron chi connectivity index (χ4n) is 0.703. The number of nitriles is 1. The van der Waals surface area contributed by atoms with Crippen LogP contribution in [0.4, 0.5) is 0 Å². The first-order valence-corrected chi connectivity index (χ1v) is 4.02. The summed E-state index contributed by atoms with van der Waals surface area (Å²) >= 11 is 0. The van der Waals surface area contributed by atoms with Gasteiger partial charge in [0, 0.05) is 20.3 Å². The van der Waals surface area contributed by atoms with Gasteiger partial charge in [0.1, 0.15) is 11.6 Å². The highest BCUT2D eigenvalue weighted by atomic mass is 16.5. The summed E-state index contributed by atoms with van der Waals surface area (Å²) in [4.78, 5) is 23.7. The Balaban J connectivity index is 4.66. The molecule has 0 amide bonds. The lowest BCUT2D eigenvalue weighted by Crippen LogP contribution is -2.20. The summed E-state index contributed by atoms with van der Waals surface area (Å²) in [5, 5.41) is 8.59. The Morgan fingerprint density at radius 3 is 2.43 bits per heavy atom. The number of esters is 1. The second-order valence-corrected chi connectivity index (χ2v) is 2.67. The van der Waals surface area contributed by atoms with E-state index in [1.807, 2.05) is 0 Å². The lowest BCUT2D eigenvalue weighted by Gasteiger charge is -2.05. The van der Waals surface area contributed by atoms with E-state index < -0.39 is 11.8 Å². The Labute approximate surface area is 82.6 Å². The van der Waals surface area contributed by atoms with Crippen LogP contribution in [0.25, 0.3) is 0 Å². The fourth-order valence-corrected chi connectivity index (χ4v) is 0.703. The van der Waals surface area contributed by atoms with Crippen LogP contribution < -0.4 is 0 Å². The molecule has 0 saturated carbocycles. The van der Waals surface area contributed by atoms with E-state index >= 15 is 0 Å². The van der Waals surface area contributed by atoms with Crippen molar-refractivity contribution in [1.29, 1.82) is 5.26 Å². The molecule has 0 bridgehead atoms. The Morgan fingerprint density at radius 2 is 2.07 bits per heavy atom. The van der Waals surface area contributed by atoms with Crippen molar-refractivity contribution in [3.63, 3.8) is 0 Å². The molecule has 0 heterocycles. The Kier molecular flexibility index (Phi) is 5.00. The van der Waals surface area contributed by atoms with Gasteiger partial charge in [-0.1, -0.05) is 0 Å². The molecule has 0 unspecified atom stereocenters. The van der Waals surface area contributed by atoms with Crippen LogP contribution in [0, 0.1) is 11.3 Å². The lowest BCUT2D eigenvalue weighted by molar-refractivity contribution is -0.151. The van der Waals surface area contributed by atoms with Crippen molar-refractivity contribution in [2.45, 2.75) is 6.92 Å². The van der Waals surface area contributed by atoms with Crippen LogP contribution in [-0.4, -0.2) is 37.4 Å². The van der Waals surface area contributed by atoms with E-state index in [0.29, 0.717) is 0 Å². The zero-order valence-electron chi connectivity index (χ0n) is 8.40. The van der Waals surface area contributed by atoms with Crippen LogP contribution in [0.2, 0.25) is 0 Å². The maximum Gasteiger partial charge on any atom is 0.380 e. The third-order valence-electron chi connectivity index (χ3n) is 1.21. The molecule has 0 aliphatic carbocycles. The van der Waals surface area contributed by atoms with Crippen LogP contribution in [0.5, 0.6) is 0 Å². The molecule has 0 aromatic heterocycles. The molecular formula is C9H12N2O3. The topological polar surface area (TPSA) is 70.4 Å². The molecule has 76 valence electrons. The molecule has 0 aromatic rings. The minimum absolute atomic E-state index is 0.116. The largest absolute Gasteiger partial charge is 0.460 e. The predicted octanol–water partition coefficient (Wildman–Crippen LogP) is 0.0877. The number of carbonyl (C=O) groups is 2. The number of ether oxygens (including phenoxy) is 1. The van der Waals surface area contributed by atoms with Crippen molar-refractivity contribution in [2.75, 3.05) is 20.7 Å². The van der Waals surface area contributed by atoms with Gasteiger partial charge in [0.15, 0.2) is 0 Å². The lowest BCUT2D eigenvalue weighted by atomic mass is 10.2. The Morgan fingerprint density at radius 1 is 1.50 bits per heavy atom. The maximum absolute atomic E-state index is 11.2. The van der Waals surface area contributed by atoms with Crippen LogP contribution >= 0.6 is 0 Å². The average Bonchev–Trinajstić information content (AvgIpc) is 2.13. The van der Waals surface area contributed by atoms with Crippen LogP contribution in [0.1, 0.15) is 6.92 Å². The summed E-state index contributed by atoms with van der Waals surface area (Å²) in [6.45, 7) is 1.71. The predicted molar refractivity (Wildman–Crippen MR) is 49.0 cm³/mol. The number of ketones is 1. The average molecular weight is 196 g/mol. The number of carbonyl (C=O) groups excluding carboxylic acids is 2. The van der Waals surface area contributed by atoms with Crippen molar-refractivity contribution in [1.82, 2.24) is 4.90 Å². The molecule has 5 nitrogen and oxygen atoms in total. The van der Waals surface area contributed by atoms with Gasteiger partial charge >= 0.3 is 5.97 Å². The molecule has 0 rings (SSSR count). The number of nitrogens with zero attached hydrogens (tertiary/aromatic N) is 2. The monoisotopic (exact) mass is 196 g/mol.